The van der Waals surface area contributed by atoms with Gasteiger partial charge in [-0.15, -0.1) is 0 Å². The van der Waals surface area contributed by atoms with Crippen LogP contribution >= 0.6 is 0 Å². The van der Waals surface area contributed by atoms with Crippen LogP contribution in [-0.2, 0) is 21.9 Å². The molecule has 0 spiro atoms. The zero-order valence-electron chi connectivity index (χ0n) is 3.97. The summed E-state index contributed by atoms with van der Waals surface area (Å²) in [5, 5.41) is 15.9. The van der Waals surface area contributed by atoms with Crippen molar-refractivity contribution in [2.24, 2.45) is 5.73 Å². The molecule has 0 heterocycles. The molecule has 0 saturated carbocycles. The molecular formula is C3H7CuNO3+. The number of carboxylic acids is 1. The van der Waals surface area contributed by atoms with E-state index in [0.29, 0.717) is 0 Å². The number of hydrogen-bond donors (Lipinski definition) is 3. The molecule has 0 aliphatic heterocycles. The zero-order valence-corrected chi connectivity index (χ0v) is 4.91. The molecule has 5 heteroatoms. The number of aliphatic carboxylic acids is 1. The van der Waals surface area contributed by atoms with E-state index in [0.717, 1.165) is 0 Å². The van der Waals surface area contributed by atoms with Gasteiger partial charge in [0.05, 0.1) is 6.61 Å². The van der Waals surface area contributed by atoms with Crippen LogP contribution in [0.15, 0.2) is 0 Å². The van der Waals surface area contributed by atoms with E-state index in [-0.39, 0.29) is 17.1 Å². The Balaban J connectivity index is 0. The van der Waals surface area contributed by atoms with Crippen LogP contribution in [0.4, 0.5) is 0 Å². The van der Waals surface area contributed by atoms with Crippen molar-refractivity contribution in [1.29, 1.82) is 0 Å². The Bertz CT molecular complexity index is 76.9. The molecule has 52 valence electrons. The molecule has 0 amide bonds. The van der Waals surface area contributed by atoms with Crippen molar-refractivity contribution in [3.8, 4) is 0 Å². The minimum atomic E-state index is -1.18. The van der Waals surface area contributed by atoms with Gasteiger partial charge in [-0.2, -0.15) is 0 Å². The molecule has 0 rings (SSSR count). The number of nitrogens with two attached hydrogens (primary N) is 1. The third kappa shape index (κ3) is 4.08. The summed E-state index contributed by atoms with van der Waals surface area (Å²) >= 11 is 0. The summed E-state index contributed by atoms with van der Waals surface area (Å²) in [6.45, 7) is -0.505. The van der Waals surface area contributed by atoms with Crippen molar-refractivity contribution >= 4 is 5.97 Å². The Morgan fingerprint density at radius 1 is 1.75 bits per heavy atom. The van der Waals surface area contributed by atoms with Gasteiger partial charge in [0, 0.05) is 0 Å². The van der Waals surface area contributed by atoms with E-state index in [1.165, 1.54) is 0 Å². The van der Waals surface area contributed by atoms with Crippen LogP contribution in [0.3, 0.4) is 0 Å². The quantitative estimate of drug-likeness (QED) is 0.433. The molecule has 0 bridgehead atoms. The molecule has 0 aromatic carbocycles. The van der Waals surface area contributed by atoms with Crippen LogP contribution in [0.25, 0.3) is 0 Å². The van der Waals surface area contributed by atoms with Crippen LogP contribution < -0.4 is 5.73 Å². The Morgan fingerprint density at radius 2 is 2.12 bits per heavy atom. The van der Waals surface area contributed by atoms with Gasteiger partial charge in [0.2, 0.25) is 0 Å². The minimum absolute atomic E-state index is 0. The Kier molecular flexibility index (Phi) is 6.83. The smallest absolute Gasteiger partial charge is 0.480 e. The van der Waals surface area contributed by atoms with Crippen LogP contribution in [0, 0.1) is 0 Å². The summed E-state index contributed by atoms with van der Waals surface area (Å²) in [4.78, 5) is 9.65. The first kappa shape index (κ1) is 10.8. The van der Waals surface area contributed by atoms with E-state index >= 15 is 0 Å². The van der Waals surface area contributed by atoms with Gasteiger partial charge in [-0.25, -0.2) is 0 Å². The first-order chi connectivity index (χ1) is 3.18. The van der Waals surface area contributed by atoms with Crippen molar-refractivity contribution in [1.82, 2.24) is 0 Å². The van der Waals surface area contributed by atoms with Gasteiger partial charge in [-0.1, -0.05) is 0 Å². The number of carboxylic acid groups (broad SMARTS) is 1. The van der Waals surface area contributed by atoms with E-state index in [9.17, 15) is 4.79 Å². The van der Waals surface area contributed by atoms with Gasteiger partial charge in [-0.05, 0) is 0 Å². The van der Waals surface area contributed by atoms with Crippen LogP contribution in [0.2, 0.25) is 0 Å². The first-order valence-electron chi connectivity index (χ1n) is 1.77. The van der Waals surface area contributed by atoms with Crippen molar-refractivity contribution in [3.63, 3.8) is 0 Å². The maximum atomic E-state index is 9.65. The van der Waals surface area contributed by atoms with E-state index in [2.05, 4.69) is 0 Å². The Hall–Kier alpha value is -0.0905. The number of rotatable bonds is 2. The van der Waals surface area contributed by atoms with Gasteiger partial charge >= 0.3 is 23.0 Å². The molecule has 0 aromatic rings. The summed E-state index contributed by atoms with van der Waals surface area (Å²) in [5.74, 6) is -1.18. The standard InChI is InChI=1S/C3H7NO3.Cu/c4-2(1-5)3(6)7;/h2,5H,1,4H2,(H,6,7);/q;+1. The van der Waals surface area contributed by atoms with Crippen molar-refractivity contribution in [3.05, 3.63) is 0 Å². The normalized spacial score (nSPS) is 11.8. The second-order valence-corrected chi connectivity index (χ2v) is 1.13. The molecule has 8 heavy (non-hydrogen) atoms. The molecule has 0 radical (unpaired) electrons. The number of carbonyl (C=O) groups is 1. The van der Waals surface area contributed by atoms with E-state index < -0.39 is 18.6 Å². The third-order valence-corrected chi connectivity index (χ3v) is 0.514. The predicted octanol–water partition coefficient (Wildman–Crippen LogP) is -1.61. The van der Waals surface area contributed by atoms with Gasteiger partial charge in [0.1, 0.15) is 6.04 Å². The molecule has 0 saturated heterocycles. The van der Waals surface area contributed by atoms with Crippen molar-refractivity contribution in [2.45, 2.75) is 6.04 Å². The number of aliphatic hydroxyl groups is 1. The van der Waals surface area contributed by atoms with Gasteiger partial charge in [0.15, 0.2) is 0 Å². The Labute approximate surface area is 57.2 Å². The van der Waals surface area contributed by atoms with Gasteiger partial charge < -0.3 is 15.9 Å². The Morgan fingerprint density at radius 3 is 2.12 bits per heavy atom. The van der Waals surface area contributed by atoms with E-state index in [1.807, 2.05) is 0 Å². The van der Waals surface area contributed by atoms with Crippen LogP contribution in [0.1, 0.15) is 0 Å². The van der Waals surface area contributed by atoms with Crippen molar-refractivity contribution < 1.29 is 32.1 Å². The SMILES string of the molecule is NC(CO)C(=O)O.[Cu+]. The molecule has 0 aromatic heterocycles. The minimum Gasteiger partial charge on any atom is -0.480 e. The van der Waals surface area contributed by atoms with E-state index in [4.69, 9.17) is 15.9 Å². The summed E-state index contributed by atoms with van der Waals surface area (Å²) in [6, 6.07) is -1.13. The molecule has 1 atom stereocenters. The fourth-order valence-electron chi connectivity index (χ4n) is 0.0781. The monoisotopic (exact) mass is 168 g/mol. The molecule has 4 nitrogen and oxygen atoms in total. The van der Waals surface area contributed by atoms with Crippen LogP contribution in [-0.4, -0.2) is 28.8 Å². The largest absolute Gasteiger partial charge is 1.00 e. The van der Waals surface area contributed by atoms with Crippen LogP contribution in [0.5, 0.6) is 0 Å². The zero-order chi connectivity index (χ0) is 5.86. The second kappa shape index (κ2) is 5.05. The fourth-order valence-corrected chi connectivity index (χ4v) is 0.0781. The fraction of sp³-hybridized carbons (Fsp3) is 0.667. The van der Waals surface area contributed by atoms with Crippen molar-refractivity contribution in [2.75, 3.05) is 6.61 Å². The summed E-state index contributed by atoms with van der Waals surface area (Å²) in [5.41, 5.74) is 4.77. The summed E-state index contributed by atoms with van der Waals surface area (Å²) < 4.78 is 0. The summed E-state index contributed by atoms with van der Waals surface area (Å²) in [7, 11) is 0. The molecule has 0 aliphatic carbocycles. The first-order valence-corrected chi connectivity index (χ1v) is 1.77. The molecule has 0 aliphatic rings. The van der Waals surface area contributed by atoms with Gasteiger partial charge in [-0.3, -0.25) is 4.79 Å². The van der Waals surface area contributed by atoms with Gasteiger partial charge in [0.25, 0.3) is 0 Å². The third-order valence-electron chi connectivity index (χ3n) is 0.514. The second-order valence-electron chi connectivity index (χ2n) is 1.13. The maximum absolute atomic E-state index is 9.65. The maximum Gasteiger partial charge on any atom is 1.00 e. The number of aliphatic hydroxyl groups excluding tert-OH is 1. The molecule has 1 unspecified atom stereocenters. The molecule has 0 fully saturated rings. The van der Waals surface area contributed by atoms with E-state index in [1.54, 1.807) is 0 Å². The molecular weight excluding hydrogens is 162 g/mol. The average molecular weight is 169 g/mol. The molecule has 4 N–H and O–H groups in total. The topological polar surface area (TPSA) is 83.5 Å². The summed E-state index contributed by atoms with van der Waals surface area (Å²) in [6.07, 6.45) is 0. The number of hydrogen-bond acceptors (Lipinski definition) is 3. The predicted molar refractivity (Wildman–Crippen MR) is 22.7 cm³/mol. The average Bonchev–Trinajstić information content (AvgIpc) is 1.65.